The second-order valence-corrected chi connectivity index (χ2v) is 12.5. The lowest BCUT2D eigenvalue weighted by molar-refractivity contribution is 0.0515. The largest absolute Gasteiger partial charge is 0.443 e. The average Bonchev–Trinajstić information content (AvgIpc) is 2.75. The summed E-state index contributed by atoms with van der Waals surface area (Å²) < 4.78 is 30.8. The summed E-state index contributed by atoms with van der Waals surface area (Å²) in [6, 6.07) is 8.30. The highest BCUT2D eigenvalue weighted by molar-refractivity contribution is 7.99. The predicted molar refractivity (Wildman–Crippen MR) is 140 cm³/mol. The summed E-state index contributed by atoms with van der Waals surface area (Å²) in [4.78, 5) is 25.5. The van der Waals surface area contributed by atoms with Crippen LogP contribution in [-0.4, -0.2) is 56.7 Å². The number of thioether (sulfide) groups is 1. The Hall–Kier alpha value is -1.78. The van der Waals surface area contributed by atoms with E-state index in [2.05, 4.69) is 41.8 Å². The van der Waals surface area contributed by atoms with Gasteiger partial charge in [0.05, 0.1) is 5.75 Å². The van der Waals surface area contributed by atoms with Gasteiger partial charge >= 0.3 is 12.2 Å². The lowest BCUT2D eigenvalue weighted by atomic mass is 9.82. The van der Waals surface area contributed by atoms with Gasteiger partial charge in [0, 0.05) is 23.7 Å². The van der Waals surface area contributed by atoms with Gasteiger partial charge < -0.3 is 24.7 Å². The normalized spacial score (nSPS) is 19.5. The van der Waals surface area contributed by atoms with Crippen molar-refractivity contribution in [2.45, 2.75) is 76.4 Å². The lowest BCUT2D eigenvalue weighted by Crippen LogP contribution is -2.41. The maximum absolute atomic E-state index is 12.3. The first-order chi connectivity index (χ1) is 16.3. The Kier molecular flexibility index (Phi) is 11.4. The molecule has 198 valence electrons. The molecule has 3 N–H and O–H groups in total. The Bertz CT molecular complexity index is 852. The third-order valence-corrected chi connectivity index (χ3v) is 8.24. The molecule has 0 aromatic heterocycles. The van der Waals surface area contributed by atoms with E-state index in [1.165, 1.54) is 5.56 Å². The van der Waals surface area contributed by atoms with Gasteiger partial charge in [-0.05, 0) is 84.3 Å². The SMILES string of the molecule is Cc1ccc(SCC(C)(C)OC(=O)NCC2CCC(CNC(=O)OC(C)(C)CS(=O)O)CC2)cc1. The van der Waals surface area contributed by atoms with Crippen LogP contribution in [0, 0.1) is 18.8 Å². The number of ether oxygens (including phenoxy) is 2. The Balaban J connectivity index is 1.62. The topological polar surface area (TPSA) is 114 Å². The Labute approximate surface area is 216 Å². The molecule has 1 saturated carbocycles. The molecule has 35 heavy (non-hydrogen) atoms. The fourth-order valence-electron chi connectivity index (χ4n) is 3.92. The second kappa shape index (κ2) is 13.5. The number of hydrogen-bond donors (Lipinski definition) is 3. The van der Waals surface area contributed by atoms with Gasteiger partial charge in [-0.15, -0.1) is 11.8 Å². The smallest absolute Gasteiger partial charge is 0.407 e. The van der Waals surface area contributed by atoms with Gasteiger partial charge in [-0.3, -0.25) is 0 Å². The van der Waals surface area contributed by atoms with Gasteiger partial charge in [-0.2, -0.15) is 0 Å². The summed E-state index contributed by atoms with van der Waals surface area (Å²) in [5.74, 6) is 1.26. The standard InChI is InChI=1S/C25H40N2O6S2/c1-18-6-12-21(13-7-18)34-16-24(2,3)32-22(28)26-14-19-8-10-20(11-9-19)15-27-23(29)33-25(4,5)17-35(30)31/h6-7,12-13,19-20H,8-11,14-17H2,1-5H3,(H,26,28)(H,27,29)(H,30,31). The molecule has 0 radical (unpaired) electrons. The van der Waals surface area contributed by atoms with Crippen molar-refractivity contribution in [3.8, 4) is 0 Å². The van der Waals surface area contributed by atoms with Crippen LogP contribution in [0.15, 0.2) is 29.2 Å². The van der Waals surface area contributed by atoms with E-state index in [0.29, 0.717) is 30.7 Å². The van der Waals surface area contributed by atoms with Crippen LogP contribution >= 0.6 is 11.8 Å². The lowest BCUT2D eigenvalue weighted by Gasteiger charge is -2.30. The highest BCUT2D eigenvalue weighted by Gasteiger charge is 2.28. The van der Waals surface area contributed by atoms with Crippen LogP contribution in [0.3, 0.4) is 0 Å². The first kappa shape index (κ1) is 29.5. The van der Waals surface area contributed by atoms with Crippen LogP contribution < -0.4 is 10.6 Å². The Morgan fingerprint density at radius 2 is 1.40 bits per heavy atom. The van der Waals surface area contributed by atoms with Crippen molar-refractivity contribution < 1.29 is 27.8 Å². The summed E-state index contributed by atoms with van der Waals surface area (Å²) in [6.45, 7) is 10.2. The van der Waals surface area contributed by atoms with Crippen LogP contribution in [-0.2, 0) is 20.6 Å². The van der Waals surface area contributed by atoms with Crippen molar-refractivity contribution in [2.24, 2.45) is 11.8 Å². The minimum atomic E-state index is -2.03. The van der Waals surface area contributed by atoms with Gasteiger partial charge in [0.1, 0.15) is 11.2 Å². The number of benzene rings is 1. The van der Waals surface area contributed by atoms with E-state index in [0.717, 1.165) is 30.6 Å². The van der Waals surface area contributed by atoms with Crippen LogP contribution in [0.4, 0.5) is 9.59 Å². The molecule has 1 aliphatic rings. The Morgan fingerprint density at radius 1 is 0.943 bits per heavy atom. The number of nitrogens with one attached hydrogen (secondary N) is 2. The van der Waals surface area contributed by atoms with Crippen LogP contribution in [0.2, 0.25) is 0 Å². The summed E-state index contributed by atoms with van der Waals surface area (Å²) in [7, 11) is 0. The van der Waals surface area contributed by atoms with Gasteiger partial charge in [-0.1, -0.05) is 17.7 Å². The van der Waals surface area contributed by atoms with Crippen LogP contribution in [0.1, 0.15) is 58.9 Å². The zero-order chi connectivity index (χ0) is 26.1. The molecule has 10 heteroatoms. The van der Waals surface area contributed by atoms with Crippen LogP contribution in [0.5, 0.6) is 0 Å². The molecule has 1 aliphatic carbocycles. The number of hydrogen-bond acceptors (Lipinski definition) is 6. The molecule has 2 rings (SSSR count). The first-order valence-corrected chi connectivity index (χ1v) is 14.3. The van der Waals surface area contributed by atoms with Crippen molar-refractivity contribution in [1.82, 2.24) is 10.6 Å². The molecule has 1 aromatic rings. The zero-order valence-electron chi connectivity index (χ0n) is 21.4. The molecule has 0 bridgehead atoms. The highest BCUT2D eigenvalue weighted by Crippen LogP contribution is 2.28. The number of carbonyl (C=O) groups excluding carboxylic acids is 2. The monoisotopic (exact) mass is 528 g/mol. The molecule has 1 atom stereocenters. The molecule has 0 saturated heterocycles. The number of rotatable bonds is 11. The molecule has 1 unspecified atom stereocenters. The van der Waals surface area contributed by atoms with E-state index in [1.54, 1.807) is 25.6 Å². The van der Waals surface area contributed by atoms with Gasteiger partial charge in [0.15, 0.2) is 11.1 Å². The molecule has 1 aromatic carbocycles. The zero-order valence-corrected chi connectivity index (χ0v) is 23.1. The number of amides is 2. The van der Waals surface area contributed by atoms with Gasteiger partial charge in [0.2, 0.25) is 0 Å². The minimum absolute atomic E-state index is 0.135. The molecule has 1 fully saturated rings. The highest BCUT2D eigenvalue weighted by atomic mass is 32.2. The number of aryl methyl sites for hydroxylation is 1. The summed E-state index contributed by atoms with van der Waals surface area (Å²) in [5.41, 5.74) is -0.372. The average molecular weight is 529 g/mol. The fourth-order valence-corrected chi connectivity index (χ4v) is 5.47. The molecule has 0 aliphatic heterocycles. The molecular weight excluding hydrogens is 488 g/mol. The first-order valence-electron chi connectivity index (χ1n) is 12.0. The fraction of sp³-hybridized carbons (Fsp3) is 0.680. The minimum Gasteiger partial charge on any atom is -0.443 e. The second-order valence-electron chi connectivity index (χ2n) is 10.5. The molecular formula is C25H40N2O6S2. The quantitative estimate of drug-likeness (QED) is 0.270. The molecule has 0 spiro atoms. The van der Waals surface area contributed by atoms with Crippen molar-refractivity contribution in [1.29, 1.82) is 0 Å². The van der Waals surface area contributed by atoms with Crippen molar-refractivity contribution >= 4 is 35.0 Å². The maximum Gasteiger partial charge on any atom is 0.407 e. The number of carbonyl (C=O) groups is 2. The third-order valence-electron chi connectivity index (χ3n) is 5.85. The van der Waals surface area contributed by atoms with E-state index in [-0.39, 0.29) is 5.75 Å². The van der Waals surface area contributed by atoms with Crippen molar-refractivity contribution in [3.63, 3.8) is 0 Å². The summed E-state index contributed by atoms with van der Waals surface area (Å²) >= 11 is -0.362. The molecule has 8 nitrogen and oxygen atoms in total. The number of alkyl carbamates (subject to hydrolysis) is 2. The third kappa shape index (κ3) is 12.1. The maximum atomic E-state index is 12.3. The van der Waals surface area contributed by atoms with Crippen molar-refractivity contribution in [2.75, 3.05) is 24.6 Å². The van der Waals surface area contributed by atoms with E-state index >= 15 is 0 Å². The van der Waals surface area contributed by atoms with Gasteiger partial charge in [-0.25, -0.2) is 13.8 Å². The van der Waals surface area contributed by atoms with E-state index in [4.69, 9.17) is 14.0 Å². The summed E-state index contributed by atoms with van der Waals surface area (Å²) in [6.07, 6.45) is 2.86. The predicted octanol–water partition coefficient (Wildman–Crippen LogP) is 5.12. The van der Waals surface area contributed by atoms with Crippen molar-refractivity contribution in [3.05, 3.63) is 29.8 Å². The van der Waals surface area contributed by atoms with E-state index in [1.807, 2.05) is 13.8 Å². The van der Waals surface area contributed by atoms with Crippen LogP contribution in [0.25, 0.3) is 0 Å². The molecule has 2 amide bonds. The van der Waals surface area contributed by atoms with Gasteiger partial charge in [0.25, 0.3) is 0 Å². The summed E-state index contributed by atoms with van der Waals surface area (Å²) in [5, 5.41) is 5.68. The van der Waals surface area contributed by atoms with E-state index in [9.17, 15) is 13.8 Å². The Morgan fingerprint density at radius 3 is 1.86 bits per heavy atom. The van der Waals surface area contributed by atoms with E-state index < -0.39 is 34.5 Å². The molecule has 0 heterocycles.